The maximum Gasteiger partial charge on any atom is 0.225 e. The van der Waals surface area contributed by atoms with Gasteiger partial charge in [0.2, 0.25) is 11.8 Å². The summed E-state index contributed by atoms with van der Waals surface area (Å²) in [6.45, 7) is 5.52. The molecule has 2 aliphatic rings. The van der Waals surface area contributed by atoms with E-state index in [9.17, 15) is 9.59 Å². The van der Waals surface area contributed by atoms with Crippen LogP contribution in [0.3, 0.4) is 0 Å². The van der Waals surface area contributed by atoms with Crippen LogP contribution in [-0.4, -0.2) is 47.8 Å². The Labute approximate surface area is 151 Å². The van der Waals surface area contributed by atoms with Crippen molar-refractivity contribution in [3.05, 3.63) is 35.9 Å². The molecule has 0 radical (unpaired) electrons. The molecule has 0 bridgehead atoms. The largest absolute Gasteiger partial charge is 0.343 e. The van der Waals surface area contributed by atoms with Crippen molar-refractivity contribution in [2.45, 2.75) is 45.4 Å². The Morgan fingerprint density at radius 1 is 1.00 bits per heavy atom. The summed E-state index contributed by atoms with van der Waals surface area (Å²) < 4.78 is 0. The number of hydrogen-bond acceptors (Lipinski definition) is 2. The van der Waals surface area contributed by atoms with Crippen molar-refractivity contribution in [3.8, 4) is 0 Å². The van der Waals surface area contributed by atoms with Crippen LogP contribution in [0.25, 0.3) is 0 Å². The Kier molecular flexibility index (Phi) is 6.11. The molecular formula is C21H30N2O2. The minimum atomic E-state index is 0.114. The molecule has 4 heteroatoms. The molecule has 0 aromatic heterocycles. The molecule has 136 valence electrons. The molecule has 4 nitrogen and oxygen atoms in total. The van der Waals surface area contributed by atoms with Crippen LogP contribution in [0, 0.1) is 11.8 Å². The lowest BCUT2D eigenvalue weighted by Crippen LogP contribution is -2.47. The van der Waals surface area contributed by atoms with Crippen molar-refractivity contribution < 1.29 is 9.59 Å². The summed E-state index contributed by atoms with van der Waals surface area (Å²) in [5, 5.41) is 0. The number of carbonyl (C=O) groups is 2. The standard InChI is InChI=1S/C21H30N2O2/c1-17-6-5-13-23(16-17)21(25)19-11-14-22(15-12-19)20(24)10-9-18-7-3-2-4-8-18/h2-4,7-8,17,19H,5-6,9-16H2,1H3. The maximum atomic E-state index is 12.7. The van der Waals surface area contributed by atoms with Crippen LogP contribution in [0.1, 0.15) is 44.6 Å². The molecule has 3 rings (SSSR count). The highest BCUT2D eigenvalue weighted by molar-refractivity contribution is 5.80. The molecule has 0 aliphatic carbocycles. The first-order valence-electron chi connectivity index (χ1n) is 9.74. The van der Waals surface area contributed by atoms with Gasteiger partial charge in [0.15, 0.2) is 0 Å². The Morgan fingerprint density at radius 2 is 1.72 bits per heavy atom. The van der Waals surface area contributed by atoms with Gasteiger partial charge < -0.3 is 9.80 Å². The fourth-order valence-electron chi connectivity index (χ4n) is 4.08. The lowest BCUT2D eigenvalue weighted by atomic mass is 9.92. The van der Waals surface area contributed by atoms with Crippen molar-refractivity contribution >= 4 is 11.8 Å². The molecule has 2 aliphatic heterocycles. The highest BCUT2D eigenvalue weighted by Crippen LogP contribution is 2.24. The molecule has 2 amide bonds. The summed E-state index contributed by atoms with van der Waals surface area (Å²) >= 11 is 0. The Balaban J connectivity index is 1.43. The van der Waals surface area contributed by atoms with Crippen molar-refractivity contribution in [3.63, 3.8) is 0 Å². The third-order valence-corrected chi connectivity index (χ3v) is 5.64. The smallest absolute Gasteiger partial charge is 0.225 e. The van der Waals surface area contributed by atoms with Crippen LogP contribution < -0.4 is 0 Å². The number of piperidine rings is 2. The van der Waals surface area contributed by atoms with Gasteiger partial charge in [0, 0.05) is 38.5 Å². The van der Waals surface area contributed by atoms with Crippen molar-refractivity contribution in [2.75, 3.05) is 26.2 Å². The van der Waals surface area contributed by atoms with E-state index in [4.69, 9.17) is 0 Å². The molecular weight excluding hydrogens is 312 g/mol. The third kappa shape index (κ3) is 4.83. The van der Waals surface area contributed by atoms with E-state index >= 15 is 0 Å². The Hall–Kier alpha value is -1.84. The van der Waals surface area contributed by atoms with Crippen molar-refractivity contribution in [2.24, 2.45) is 11.8 Å². The van der Waals surface area contributed by atoms with Gasteiger partial charge >= 0.3 is 0 Å². The minimum absolute atomic E-state index is 0.114. The number of amides is 2. The zero-order chi connectivity index (χ0) is 17.6. The normalized spacial score (nSPS) is 22.0. The molecule has 0 spiro atoms. The molecule has 1 unspecified atom stereocenters. The van der Waals surface area contributed by atoms with Crippen LogP contribution >= 0.6 is 0 Å². The van der Waals surface area contributed by atoms with E-state index in [2.05, 4.69) is 24.0 Å². The molecule has 0 saturated carbocycles. The molecule has 0 N–H and O–H groups in total. The average Bonchev–Trinajstić information content (AvgIpc) is 2.66. The average molecular weight is 342 g/mol. The number of likely N-dealkylation sites (tertiary alicyclic amines) is 2. The highest BCUT2D eigenvalue weighted by atomic mass is 16.2. The summed E-state index contributed by atoms with van der Waals surface area (Å²) in [7, 11) is 0. The Bertz CT molecular complexity index is 579. The molecule has 2 saturated heterocycles. The topological polar surface area (TPSA) is 40.6 Å². The number of hydrogen-bond donors (Lipinski definition) is 0. The fraction of sp³-hybridized carbons (Fsp3) is 0.619. The molecule has 1 atom stereocenters. The second-order valence-electron chi connectivity index (χ2n) is 7.67. The van der Waals surface area contributed by atoms with Gasteiger partial charge in [-0.2, -0.15) is 0 Å². The number of benzene rings is 1. The Morgan fingerprint density at radius 3 is 2.40 bits per heavy atom. The second-order valence-corrected chi connectivity index (χ2v) is 7.67. The molecule has 2 fully saturated rings. The second kappa shape index (κ2) is 8.50. The van der Waals surface area contributed by atoms with E-state index in [1.165, 1.54) is 12.0 Å². The monoisotopic (exact) mass is 342 g/mol. The van der Waals surface area contributed by atoms with Crippen LogP contribution in [0.4, 0.5) is 0 Å². The van der Waals surface area contributed by atoms with Gasteiger partial charge in [-0.15, -0.1) is 0 Å². The lowest BCUT2D eigenvalue weighted by molar-refractivity contribution is -0.142. The number of carbonyl (C=O) groups excluding carboxylic acids is 2. The predicted molar refractivity (Wildman–Crippen MR) is 99.0 cm³/mol. The summed E-state index contributed by atoms with van der Waals surface area (Å²) in [5.41, 5.74) is 1.21. The minimum Gasteiger partial charge on any atom is -0.343 e. The van der Waals surface area contributed by atoms with E-state index in [0.717, 1.165) is 51.9 Å². The van der Waals surface area contributed by atoms with E-state index < -0.39 is 0 Å². The number of nitrogens with zero attached hydrogens (tertiary/aromatic N) is 2. The van der Waals surface area contributed by atoms with Gasteiger partial charge in [0.1, 0.15) is 0 Å². The first-order chi connectivity index (χ1) is 12.1. The number of rotatable bonds is 4. The third-order valence-electron chi connectivity index (χ3n) is 5.64. The number of aryl methyl sites for hydroxylation is 1. The SMILES string of the molecule is CC1CCCN(C(=O)C2CCN(C(=O)CCc3ccccc3)CC2)C1. The van der Waals surface area contributed by atoms with E-state index in [0.29, 0.717) is 18.2 Å². The molecule has 1 aromatic rings. The van der Waals surface area contributed by atoms with Crippen molar-refractivity contribution in [1.29, 1.82) is 0 Å². The van der Waals surface area contributed by atoms with Crippen LogP contribution in [0.5, 0.6) is 0 Å². The van der Waals surface area contributed by atoms with Gasteiger partial charge in [0.25, 0.3) is 0 Å². The van der Waals surface area contributed by atoms with Crippen LogP contribution in [0.2, 0.25) is 0 Å². The van der Waals surface area contributed by atoms with E-state index in [1.54, 1.807) is 0 Å². The van der Waals surface area contributed by atoms with E-state index in [1.807, 2.05) is 23.1 Å². The molecule has 2 heterocycles. The van der Waals surface area contributed by atoms with Gasteiger partial charge in [-0.3, -0.25) is 9.59 Å². The van der Waals surface area contributed by atoms with Gasteiger partial charge in [0.05, 0.1) is 0 Å². The van der Waals surface area contributed by atoms with Crippen LogP contribution in [0.15, 0.2) is 30.3 Å². The maximum absolute atomic E-state index is 12.7. The summed E-state index contributed by atoms with van der Waals surface area (Å²) in [6, 6.07) is 10.2. The summed E-state index contributed by atoms with van der Waals surface area (Å²) in [5.74, 6) is 1.28. The molecule has 1 aromatic carbocycles. The van der Waals surface area contributed by atoms with Crippen molar-refractivity contribution in [1.82, 2.24) is 9.80 Å². The zero-order valence-corrected chi connectivity index (χ0v) is 15.3. The van der Waals surface area contributed by atoms with Gasteiger partial charge in [-0.05, 0) is 43.6 Å². The summed E-state index contributed by atoms with van der Waals surface area (Å²) in [4.78, 5) is 29.1. The highest BCUT2D eigenvalue weighted by Gasteiger charge is 2.31. The predicted octanol–water partition coefficient (Wildman–Crippen LogP) is 3.12. The van der Waals surface area contributed by atoms with Gasteiger partial charge in [-0.1, -0.05) is 37.3 Å². The summed E-state index contributed by atoms with van der Waals surface area (Å²) in [6.07, 6.45) is 5.36. The van der Waals surface area contributed by atoms with Gasteiger partial charge in [-0.25, -0.2) is 0 Å². The zero-order valence-electron chi connectivity index (χ0n) is 15.3. The van der Waals surface area contributed by atoms with Crippen LogP contribution in [-0.2, 0) is 16.0 Å². The van der Waals surface area contributed by atoms with E-state index in [-0.39, 0.29) is 11.8 Å². The first kappa shape index (κ1) is 18.0. The first-order valence-corrected chi connectivity index (χ1v) is 9.74. The molecule has 25 heavy (non-hydrogen) atoms. The lowest BCUT2D eigenvalue weighted by Gasteiger charge is -2.37. The quantitative estimate of drug-likeness (QED) is 0.843. The fourth-order valence-corrected chi connectivity index (χ4v) is 4.08.